The molecular formula is C17H20N2O. The Morgan fingerprint density at radius 3 is 2.30 bits per heavy atom. The van der Waals surface area contributed by atoms with E-state index in [0.717, 1.165) is 29.9 Å². The van der Waals surface area contributed by atoms with Crippen molar-refractivity contribution in [1.82, 2.24) is 5.32 Å². The highest BCUT2D eigenvalue weighted by Crippen LogP contribution is 2.48. The summed E-state index contributed by atoms with van der Waals surface area (Å²) in [7, 11) is 0. The third-order valence-electron chi connectivity index (χ3n) is 4.44. The topological polar surface area (TPSA) is 52.9 Å². The summed E-state index contributed by atoms with van der Waals surface area (Å²) in [6.07, 6.45) is 5.83. The number of amides is 1. The molecular weight excluding hydrogens is 248 g/mol. The molecule has 1 N–H and O–H groups in total. The number of nitrogens with zero attached hydrogens (tertiary/aromatic N) is 1. The summed E-state index contributed by atoms with van der Waals surface area (Å²) in [4.78, 5) is 12.0. The van der Waals surface area contributed by atoms with Crippen LogP contribution in [0.15, 0.2) is 24.3 Å². The Hall–Kier alpha value is -1.82. The minimum atomic E-state index is 0.0982. The van der Waals surface area contributed by atoms with Crippen molar-refractivity contribution in [3.05, 3.63) is 35.4 Å². The first-order valence-electron chi connectivity index (χ1n) is 7.52. The number of carbonyl (C=O) groups is 1. The fraction of sp³-hybridized carbons (Fsp3) is 0.529. The van der Waals surface area contributed by atoms with Crippen LogP contribution in [0.5, 0.6) is 0 Å². The first-order chi connectivity index (χ1) is 9.76. The summed E-state index contributed by atoms with van der Waals surface area (Å²) in [5.74, 6) is 2.57. The van der Waals surface area contributed by atoms with Crippen molar-refractivity contribution in [3.63, 3.8) is 0 Å². The van der Waals surface area contributed by atoms with Gasteiger partial charge in [0.1, 0.15) is 0 Å². The van der Waals surface area contributed by atoms with E-state index in [0.29, 0.717) is 12.0 Å². The highest BCUT2D eigenvalue weighted by Gasteiger charge is 2.41. The standard InChI is InChI=1S/C17H20N2O/c18-10-13-3-1-12(2-4-13)9-17(20)19-11-16(14-5-6-14)15-7-8-15/h1-4,14-16H,5-9,11H2,(H,19,20). The normalized spacial score (nSPS) is 17.8. The van der Waals surface area contributed by atoms with E-state index in [-0.39, 0.29) is 5.91 Å². The smallest absolute Gasteiger partial charge is 0.224 e. The van der Waals surface area contributed by atoms with Crippen LogP contribution in [0.3, 0.4) is 0 Å². The molecule has 1 amide bonds. The van der Waals surface area contributed by atoms with Gasteiger partial charge in [0.25, 0.3) is 0 Å². The second-order valence-electron chi connectivity index (χ2n) is 6.13. The summed E-state index contributed by atoms with van der Waals surface area (Å²) in [5, 5.41) is 11.8. The van der Waals surface area contributed by atoms with Crippen molar-refractivity contribution >= 4 is 5.91 Å². The van der Waals surface area contributed by atoms with Crippen molar-refractivity contribution in [3.8, 4) is 6.07 Å². The quantitative estimate of drug-likeness (QED) is 0.862. The molecule has 0 heterocycles. The van der Waals surface area contributed by atoms with Gasteiger partial charge in [-0.15, -0.1) is 0 Å². The zero-order valence-corrected chi connectivity index (χ0v) is 11.6. The molecule has 0 radical (unpaired) electrons. The van der Waals surface area contributed by atoms with Gasteiger partial charge in [0.15, 0.2) is 0 Å². The monoisotopic (exact) mass is 268 g/mol. The van der Waals surface area contributed by atoms with Crippen molar-refractivity contribution in [2.24, 2.45) is 17.8 Å². The number of hydrogen-bond donors (Lipinski definition) is 1. The molecule has 1 aromatic carbocycles. The first kappa shape index (κ1) is 13.2. The Bertz CT molecular complexity index is 509. The van der Waals surface area contributed by atoms with Crippen LogP contribution in [-0.4, -0.2) is 12.5 Å². The van der Waals surface area contributed by atoms with Crippen molar-refractivity contribution in [2.75, 3.05) is 6.54 Å². The van der Waals surface area contributed by atoms with E-state index in [9.17, 15) is 4.79 Å². The van der Waals surface area contributed by atoms with Gasteiger partial charge < -0.3 is 5.32 Å². The molecule has 0 aliphatic heterocycles. The lowest BCUT2D eigenvalue weighted by Crippen LogP contribution is -2.32. The van der Waals surface area contributed by atoms with E-state index in [1.165, 1.54) is 25.7 Å². The molecule has 1 aromatic rings. The maximum Gasteiger partial charge on any atom is 0.224 e. The summed E-state index contributed by atoms with van der Waals surface area (Å²) in [5.41, 5.74) is 1.60. The van der Waals surface area contributed by atoms with Gasteiger partial charge in [0.2, 0.25) is 5.91 Å². The molecule has 0 aromatic heterocycles. The van der Waals surface area contributed by atoms with Crippen LogP contribution < -0.4 is 5.32 Å². The van der Waals surface area contributed by atoms with Crippen molar-refractivity contribution in [2.45, 2.75) is 32.1 Å². The predicted octanol–water partition coefficient (Wildman–Crippen LogP) is 2.65. The van der Waals surface area contributed by atoms with Crippen LogP contribution in [-0.2, 0) is 11.2 Å². The Morgan fingerprint density at radius 2 is 1.80 bits per heavy atom. The number of nitriles is 1. The Morgan fingerprint density at radius 1 is 1.20 bits per heavy atom. The minimum Gasteiger partial charge on any atom is -0.356 e. The Balaban J connectivity index is 1.47. The summed E-state index contributed by atoms with van der Waals surface area (Å²) < 4.78 is 0. The SMILES string of the molecule is N#Cc1ccc(CC(=O)NCC(C2CC2)C2CC2)cc1. The van der Waals surface area contributed by atoms with Crippen LogP contribution in [0.1, 0.15) is 36.8 Å². The Kier molecular flexibility index (Phi) is 3.73. The lowest BCUT2D eigenvalue weighted by molar-refractivity contribution is -0.120. The number of hydrogen-bond acceptors (Lipinski definition) is 2. The molecule has 3 heteroatoms. The molecule has 2 saturated carbocycles. The second kappa shape index (κ2) is 5.66. The van der Waals surface area contributed by atoms with Gasteiger partial charge in [-0.05, 0) is 61.1 Å². The largest absolute Gasteiger partial charge is 0.356 e. The molecule has 20 heavy (non-hydrogen) atoms. The Labute approximate surface area is 120 Å². The molecule has 0 atom stereocenters. The molecule has 3 rings (SSSR count). The number of benzene rings is 1. The van der Waals surface area contributed by atoms with E-state index in [1.807, 2.05) is 12.1 Å². The molecule has 0 spiro atoms. The van der Waals surface area contributed by atoms with E-state index >= 15 is 0 Å². The average molecular weight is 268 g/mol. The molecule has 0 bridgehead atoms. The van der Waals surface area contributed by atoms with Gasteiger partial charge in [0.05, 0.1) is 18.1 Å². The highest BCUT2D eigenvalue weighted by atomic mass is 16.1. The maximum absolute atomic E-state index is 12.0. The van der Waals surface area contributed by atoms with Gasteiger partial charge in [0, 0.05) is 6.54 Å². The maximum atomic E-state index is 12.0. The van der Waals surface area contributed by atoms with Crippen LogP contribution in [0, 0.1) is 29.1 Å². The lowest BCUT2D eigenvalue weighted by Gasteiger charge is -2.16. The third-order valence-corrected chi connectivity index (χ3v) is 4.44. The fourth-order valence-electron chi connectivity index (χ4n) is 2.94. The second-order valence-corrected chi connectivity index (χ2v) is 6.13. The predicted molar refractivity (Wildman–Crippen MR) is 76.8 cm³/mol. The van der Waals surface area contributed by atoms with Gasteiger partial charge in [-0.2, -0.15) is 5.26 Å². The summed E-state index contributed by atoms with van der Waals surface area (Å²) in [6, 6.07) is 9.33. The van der Waals surface area contributed by atoms with Gasteiger partial charge >= 0.3 is 0 Å². The molecule has 0 unspecified atom stereocenters. The van der Waals surface area contributed by atoms with Gasteiger partial charge in [-0.25, -0.2) is 0 Å². The summed E-state index contributed by atoms with van der Waals surface area (Å²) >= 11 is 0. The zero-order chi connectivity index (χ0) is 13.9. The van der Waals surface area contributed by atoms with Gasteiger partial charge in [-0.3, -0.25) is 4.79 Å². The highest BCUT2D eigenvalue weighted by molar-refractivity contribution is 5.78. The molecule has 2 aliphatic rings. The molecule has 0 saturated heterocycles. The van der Waals surface area contributed by atoms with Crippen molar-refractivity contribution < 1.29 is 4.79 Å². The minimum absolute atomic E-state index is 0.0982. The zero-order valence-electron chi connectivity index (χ0n) is 11.6. The molecule has 3 nitrogen and oxygen atoms in total. The number of rotatable bonds is 6. The van der Waals surface area contributed by atoms with Crippen LogP contribution in [0.2, 0.25) is 0 Å². The van der Waals surface area contributed by atoms with Crippen LogP contribution in [0.4, 0.5) is 0 Å². The number of nitrogens with one attached hydrogen (secondary N) is 1. The third kappa shape index (κ3) is 3.39. The molecule has 104 valence electrons. The van der Waals surface area contributed by atoms with Crippen LogP contribution >= 0.6 is 0 Å². The first-order valence-corrected chi connectivity index (χ1v) is 7.52. The van der Waals surface area contributed by atoms with E-state index < -0.39 is 0 Å². The van der Waals surface area contributed by atoms with Crippen molar-refractivity contribution in [1.29, 1.82) is 5.26 Å². The van der Waals surface area contributed by atoms with E-state index in [1.54, 1.807) is 12.1 Å². The summed E-state index contributed by atoms with van der Waals surface area (Å²) in [6.45, 7) is 0.852. The average Bonchev–Trinajstić information content (AvgIpc) is 3.33. The molecule has 2 aliphatic carbocycles. The molecule has 2 fully saturated rings. The van der Waals surface area contributed by atoms with Crippen LogP contribution in [0.25, 0.3) is 0 Å². The van der Waals surface area contributed by atoms with Gasteiger partial charge in [-0.1, -0.05) is 12.1 Å². The van der Waals surface area contributed by atoms with E-state index in [2.05, 4.69) is 11.4 Å². The van der Waals surface area contributed by atoms with E-state index in [4.69, 9.17) is 5.26 Å². The number of carbonyl (C=O) groups excluding carboxylic acids is 1. The fourth-order valence-corrected chi connectivity index (χ4v) is 2.94. The lowest BCUT2D eigenvalue weighted by atomic mass is 9.98.